The predicted octanol–water partition coefficient (Wildman–Crippen LogP) is 2.82. The lowest BCUT2D eigenvalue weighted by atomic mass is 10.2. The first-order chi connectivity index (χ1) is 7.56. The SMILES string of the molecule is CSCCN(C)C(=O)c1cnc(Cl)c(Cl)c1. The van der Waals surface area contributed by atoms with Crippen LogP contribution in [0.2, 0.25) is 10.2 Å². The van der Waals surface area contributed by atoms with Gasteiger partial charge in [0, 0.05) is 25.5 Å². The second-order valence-corrected chi connectivity index (χ2v) is 4.97. The Morgan fingerprint density at radius 2 is 2.25 bits per heavy atom. The summed E-state index contributed by atoms with van der Waals surface area (Å²) in [6.07, 6.45) is 3.44. The van der Waals surface area contributed by atoms with Crippen LogP contribution < -0.4 is 0 Å². The van der Waals surface area contributed by atoms with E-state index in [0.717, 1.165) is 5.75 Å². The highest BCUT2D eigenvalue weighted by Crippen LogP contribution is 2.20. The van der Waals surface area contributed by atoms with Crippen LogP contribution in [-0.2, 0) is 0 Å². The molecular weight excluding hydrogens is 267 g/mol. The van der Waals surface area contributed by atoms with Gasteiger partial charge in [-0.3, -0.25) is 4.79 Å². The van der Waals surface area contributed by atoms with Gasteiger partial charge in [0.25, 0.3) is 5.91 Å². The van der Waals surface area contributed by atoms with Gasteiger partial charge in [0.1, 0.15) is 5.15 Å². The summed E-state index contributed by atoms with van der Waals surface area (Å²) < 4.78 is 0. The first kappa shape index (κ1) is 13.6. The largest absolute Gasteiger partial charge is 0.341 e. The Morgan fingerprint density at radius 3 is 2.81 bits per heavy atom. The van der Waals surface area contributed by atoms with E-state index in [-0.39, 0.29) is 11.1 Å². The van der Waals surface area contributed by atoms with Crippen LogP contribution in [0.15, 0.2) is 12.3 Å². The van der Waals surface area contributed by atoms with E-state index in [1.807, 2.05) is 6.26 Å². The van der Waals surface area contributed by atoms with E-state index in [0.29, 0.717) is 17.1 Å². The van der Waals surface area contributed by atoms with Crippen LogP contribution in [0.3, 0.4) is 0 Å². The zero-order valence-corrected chi connectivity index (χ0v) is 11.4. The average Bonchev–Trinajstić information content (AvgIpc) is 2.28. The van der Waals surface area contributed by atoms with Crippen LogP contribution in [0.1, 0.15) is 10.4 Å². The predicted molar refractivity (Wildman–Crippen MR) is 69.6 cm³/mol. The lowest BCUT2D eigenvalue weighted by molar-refractivity contribution is 0.0803. The second-order valence-electron chi connectivity index (χ2n) is 3.22. The van der Waals surface area contributed by atoms with Crippen LogP contribution in [0.5, 0.6) is 0 Å². The van der Waals surface area contributed by atoms with Crippen molar-refractivity contribution >= 4 is 40.9 Å². The molecule has 0 atom stereocenters. The quantitative estimate of drug-likeness (QED) is 0.795. The minimum Gasteiger partial charge on any atom is -0.341 e. The molecule has 1 aromatic rings. The van der Waals surface area contributed by atoms with Crippen molar-refractivity contribution < 1.29 is 4.79 Å². The minimum absolute atomic E-state index is 0.0971. The number of amides is 1. The third kappa shape index (κ3) is 3.54. The van der Waals surface area contributed by atoms with Crippen LogP contribution in [0, 0.1) is 0 Å². The fraction of sp³-hybridized carbons (Fsp3) is 0.400. The molecule has 1 amide bonds. The highest BCUT2D eigenvalue weighted by Gasteiger charge is 2.13. The second kappa shape index (κ2) is 6.33. The first-order valence-electron chi connectivity index (χ1n) is 4.61. The number of rotatable bonds is 4. The number of aromatic nitrogens is 1. The molecule has 0 radical (unpaired) electrons. The van der Waals surface area contributed by atoms with Crippen molar-refractivity contribution in [3.63, 3.8) is 0 Å². The van der Waals surface area contributed by atoms with Crippen molar-refractivity contribution in [1.82, 2.24) is 9.88 Å². The Balaban J connectivity index is 2.76. The molecule has 0 N–H and O–H groups in total. The van der Waals surface area contributed by atoms with Gasteiger partial charge in [-0.1, -0.05) is 23.2 Å². The molecule has 1 heterocycles. The molecule has 1 rings (SSSR count). The summed E-state index contributed by atoms with van der Waals surface area (Å²) in [5, 5.41) is 0.510. The van der Waals surface area contributed by atoms with Crippen molar-refractivity contribution in [2.45, 2.75) is 0 Å². The van der Waals surface area contributed by atoms with Crippen molar-refractivity contribution in [2.24, 2.45) is 0 Å². The van der Waals surface area contributed by atoms with E-state index in [1.54, 1.807) is 23.7 Å². The molecule has 0 saturated carbocycles. The molecule has 0 aromatic carbocycles. The van der Waals surface area contributed by atoms with E-state index in [9.17, 15) is 4.79 Å². The monoisotopic (exact) mass is 278 g/mol. The van der Waals surface area contributed by atoms with Crippen molar-refractivity contribution in [3.8, 4) is 0 Å². The number of hydrogen-bond acceptors (Lipinski definition) is 3. The number of nitrogens with zero attached hydrogens (tertiary/aromatic N) is 2. The summed E-state index contributed by atoms with van der Waals surface area (Å²) in [6.45, 7) is 0.695. The van der Waals surface area contributed by atoms with Crippen LogP contribution >= 0.6 is 35.0 Å². The van der Waals surface area contributed by atoms with Gasteiger partial charge < -0.3 is 4.90 Å². The molecule has 0 aliphatic heterocycles. The number of halogens is 2. The van der Waals surface area contributed by atoms with Gasteiger partial charge in [-0.05, 0) is 12.3 Å². The molecule has 0 saturated heterocycles. The Labute approximate surface area is 109 Å². The number of pyridine rings is 1. The molecule has 16 heavy (non-hydrogen) atoms. The smallest absolute Gasteiger partial charge is 0.255 e. The Bertz CT molecular complexity index is 387. The summed E-state index contributed by atoms with van der Waals surface area (Å²) >= 11 is 13.2. The molecule has 0 spiro atoms. The standard InChI is InChI=1S/C10H12Cl2N2OS/c1-14(3-4-16-2)10(15)7-5-8(11)9(12)13-6-7/h5-6H,3-4H2,1-2H3. The van der Waals surface area contributed by atoms with E-state index in [4.69, 9.17) is 23.2 Å². The minimum atomic E-state index is -0.0971. The fourth-order valence-corrected chi connectivity index (χ4v) is 1.81. The topological polar surface area (TPSA) is 33.2 Å². The van der Waals surface area contributed by atoms with Crippen LogP contribution in [0.4, 0.5) is 0 Å². The molecule has 0 fully saturated rings. The van der Waals surface area contributed by atoms with Crippen molar-refractivity contribution in [1.29, 1.82) is 0 Å². The van der Waals surface area contributed by atoms with Crippen molar-refractivity contribution in [2.75, 3.05) is 25.6 Å². The van der Waals surface area contributed by atoms with Crippen LogP contribution in [-0.4, -0.2) is 41.4 Å². The maximum absolute atomic E-state index is 11.9. The summed E-state index contributed by atoms with van der Waals surface area (Å²) in [4.78, 5) is 17.4. The third-order valence-electron chi connectivity index (χ3n) is 2.02. The highest BCUT2D eigenvalue weighted by molar-refractivity contribution is 7.98. The Hall–Kier alpha value is -0.450. The average molecular weight is 279 g/mol. The molecule has 1 aromatic heterocycles. The third-order valence-corrected chi connectivity index (χ3v) is 3.30. The van der Waals surface area contributed by atoms with E-state index < -0.39 is 0 Å². The zero-order valence-electron chi connectivity index (χ0n) is 9.04. The summed E-state index contributed by atoms with van der Waals surface area (Å²) in [7, 11) is 1.75. The fourth-order valence-electron chi connectivity index (χ4n) is 1.09. The zero-order chi connectivity index (χ0) is 12.1. The first-order valence-corrected chi connectivity index (χ1v) is 6.76. The summed E-state index contributed by atoms with van der Waals surface area (Å²) in [5.74, 6) is 0.803. The van der Waals surface area contributed by atoms with Gasteiger partial charge in [-0.15, -0.1) is 0 Å². The van der Waals surface area contributed by atoms with Crippen molar-refractivity contribution in [3.05, 3.63) is 28.0 Å². The maximum Gasteiger partial charge on any atom is 0.255 e. The molecule has 88 valence electrons. The van der Waals surface area contributed by atoms with E-state index in [2.05, 4.69) is 4.98 Å². The molecular formula is C10H12Cl2N2OS. The van der Waals surface area contributed by atoms with E-state index in [1.165, 1.54) is 12.3 Å². The Morgan fingerprint density at radius 1 is 1.56 bits per heavy atom. The molecule has 3 nitrogen and oxygen atoms in total. The molecule has 0 aliphatic rings. The number of carbonyl (C=O) groups excluding carboxylic acids is 1. The molecule has 6 heteroatoms. The number of carbonyl (C=O) groups is 1. The summed E-state index contributed by atoms with van der Waals surface area (Å²) in [5.41, 5.74) is 0.456. The van der Waals surface area contributed by atoms with Gasteiger partial charge in [0.2, 0.25) is 0 Å². The van der Waals surface area contributed by atoms with Gasteiger partial charge in [-0.2, -0.15) is 11.8 Å². The van der Waals surface area contributed by atoms with Crippen LogP contribution in [0.25, 0.3) is 0 Å². The maximum atomic E-state index is 11.9. The molecule has 0 aliphatic carbocycles. The number of hydrogen-bond donors (Lipinski definition) is 0. The van der Waals surface area contributed by atoms with E-state index >= 15 is 0 Å². The molecule has 0 bridgehead atoms. The Kier molecular flexibility index (Phi) is 5.38. The van der Waals surface area contributed by atoms with Gasteiger partial charge in [0.15, 0.2) is 0 Å². The lowest BCUT2D eigenvalue weighted by Gasteiger charge is -2.16. The van der Waals surface area contributed by atoms with Gasteiger partial charge in [-0.25, -0.2) is 4.98 Å². The lowest BCUT2D eigenvalue weighted by Crippen LogP contribution is -2.28. The normalized spacial score (nSPS) is 10.2. The summed E-state index contributed by atoms with van der Waals surface area (Å²) in [6, 6.07) is 1.54. The van der Waals surface area contributed by atoms with Gasteiger partial charge >= 0.3 is 0 Å². The highest BCUT2D eigenvalue weighted by atomic mass is 35.5. The molecule has 0 unspecified atom stereocenters. The number of thioether (sulfide) groups is 1. The van der Waals surface area contributed by atoms with Gasteiger partial charge in [0.05, 0.1) is 10.6 Å².